The van der Waals surface area contributed by atoms with Gasteiger partial charge in [-0.15, -0.1) is 0 Å². The molecule has 14 nitrogen and oxygen atoms in total. The third kappa shape index (κ3) is 15.0. The Bertz CT molecular complexity index is 982. The quantitative estimate of drug-likeness (QED) is 0.208. The first-order valence-electron chi connectivity index (χ1n) is 13.2. The van der Waals surface area contributed by atoms with E-state index in [-0.39, 0.29) is 65.7 Å². The SMILES string of the molecule is CCOC(C)COc1cc(C(C(=O)O)C(C)C)on1.CCOC(C)COc1cc(C(C(=O)OC)C(C)C)on1.O.[Li+].[OH-]. The van der Waals surface area contributed by atoms with Crippen LogP contribution < -0.4 is 28.3 Å². The van der Waals surface area contributed by atoms with E-state index < -0.39 is 17.8 Å². The molecule has 2 aromatic rings. The minimum atomic E-state index is -0.930. The molecular weight excluding hydrogens is 551 g/mol. The number of esters is 1. The fourth-order valence-corrected chi connectivity index (χ4v) is 3.62. The van der Waals surface area contributed by atoms with E-state index in [1.54, 1.807) is 6.07 Å². The standard InChI is InChI=1S/C14H23NO5.C13H21NO5.Li.2H2O/c1-6-18-10(4)8-19-12-7-11(20-15-12)13(9(2)3)14(16)17-5;1-5-17-9(4)7-18-11-6-10(19-14-11)12(8(2)3)13(15)16;;;/h7,9-10,13H,6,8H2,1-5H3;6,8-9,12H,5,7H2,1-4H3,(H,15,16);;2*1H2/q;;+1;;/p-1. The molecular formula is C27H47LiN2O12. The predicted molar refractivity (Wildman–Crippen MR) is 147 cm³/mol. The zero-order valence-electron chi connectivity index (χ0n) is 26.4. The summed E-state index contributed by atoms with van der Waals surface area (Å²) in [4.78, 5) is 22.9. The summed E-state index contributed by atoms with van der Waals surface area (Å²) in [5.74, 6) is -1.11. The molecule has 4 N–H and O–H groups in total. The summed E-state index contributed by atoms with van der Waals surface area (Å²) in [6, 6.07) is 3.15. The Kier molecular flexibility index (Phi) is 23.9. The molecule has 2 rings (SSSR count). The number of rotatable bonds is 16. The molecule has 4 unspecified atom stereocenters. The molecule has 0 aliphatic heterocycles. The molecule has 0 aliphatic rings. The molecule has 0 aromatic carbocycles. The van der Waals surface area contributed by atoms with Crippen LogP contribution in [-0.4, -0.2) is 84.1 Å². The monoisotopic (exact) mass is 598 g/mol. The third-order valence-corrected chi connectivity index (χ3v) is 5.52. The van der Waals surface area contributed by atoms with Crippen LogP contribution >= 0.6 is 0 Å². The Hall–Kier alpha value is -2.60. The van der Waals surface area contributed by atoms with Crippen molar-refractivity contribution < 1.29 is 77.2 Å². The van der Waals surface area contributed by atoms with Crippen LogP contribution in [-0.2, 0) is 23.8 Å². The Morgan fingerprint density at radius 2 is 1.19 bits per heavy atom. The average Bonchev–Trinajstić information content (AvgIpc) is 3.51. The van der Waals surface area contributed by atoms with Gasteiger partial charge < -0.3 is 48.8 Å². The number of ether oxygens (including phenoxy) is 5. The fourth-order valence-electron chi connectivity index (χ4n) is 3.62. The summed E-state index contributed by atoms with van der Waals surface area (Å²) < 4.78 is 36.5. The van der Waals surface area contributed by atoms with Crippen LogP contribution in [0.3, 0.4) is 0 Å². The first-order valence-corrected chi connectivity index (χ1v) is 13.2. The smallest absolute Gasteiger partial charge is 0.870 e. The molecule has 0 saturated heterocycles. The maximum Gasteiger partial charge on any atom is 1.00 e. The van der Waals surface area contributed by atoms with E-state index in [0.29, 0.717) is 43.8 Å². The summed E-state index contributed by atoms with van der Waals surface area (Å²) in [5, 5.41) is 16.7. The van der Waals surface area contributed by atoms with Crippen LogP contribution in [0.1, 0.15) is 78.7 Å². The van der Waals surface area contributed by atoms with E-state index in [0.717, 1.165) is 0 Å². The second-order valence-corrected chi connectivity index (χ2v) is 9.59. The number of nitrogens with zero attached hydrogens (tertiary/aromatic N) is 2. The van der Waals surface area contributed by atoms with Gasteiger partial charge in [0.15, 0.2) is 11.5 Å². The van der Waals surface area contributed by atoms with Crippen LogP contribution in [0.25, 0.3) is 0 Å². The van der Waals surface area contributed by atoms with E-state index in [1.807, 2.05) is 55.4 Å². The number of carboxylic acids is 1. The number of hydrogen-bond acceptors (Lipinski definition) is 12. The topological polar surface area (TPSA) is 214 Å². The van der Waals surface area contributed by atoms with Crippen molar-refractivity contribution in [2.75, 3.05) is 33.5 Å². The largest absolute Gasteiger partial charge is 1.00 e. The minimum Gasteiger partial charge on any atom is -0.870 e. The van der Waals surface area contributed by atoms with Crippen molar-refractivity contribution in [2.24, 2.45) is 11.8 Å². The maximum absolute atomic E-state index is 11.7. The molecule has 4 atom stereocenters. The molecule has 0 amide bonds. The summed E-state index contributed by atoms with van der Waals surface area (Å²) in [5.41, 5.74) is 0. The van der Waals surface area contributed by atoms with Gasteiger partial charge in [-0.05, 0) is 49.8 Å². The number of methoxy groups -OCH3 is 1. The zero-order valence-corrected chi connectivity index (χ0v) is 26.4. The molecule has 0 spiro atoms. The second-order valence-electron chi connectivity index (χ2n) is 9.59. The van der Waals surface area contributed by atoms with Crippen LogP contribution in [0, 0.1) is 11.8 Å². The number of carboxylic acid groups (broad SMARTS) is 1. The Balaban J connectivity index is -0.000000677. The molecule has 0 radical (unpaired) electrons. The van der Waals surface area contributed by atoms with Crippen LogP contribution in [0.4, 0.5) is 0 Å². The van der Waals surface area contributed by atoms with Crippen molar-refractivity contribution in [3.8, 4) is 11.8 Å². The van der Waals surface area contributed by atoms with Crippen LogP contribution in [0.2, 0.25) is 0 Å². The molecule has 15 heteroatoms. The van der Waals surface area contributed by atoms with E-state index in [4.69, 9.17) is 37.8 Å². The van der Waals surface area contributed by atoms with Gasteiger partial charge in [0.2, 0.25) is 0 Å². The van der Waals surface area contributed by atoms with Gasteiger partial charge in [0, 0.05) is 25.3 Å². The van der Waals surface area contributed by atoms with Crippen LogP contribution in [0.5, 0.6) is 11.8 Å². The molecule has 42 heavy (non-hydrogen) atoms. The van der Waals surface area contributed by atoms with Gasteiger partial charge in [-0.1, -0.05) is 27.7 Å². The fraction of sp³-hybridized carbons (Fsp3) is 0.704. The van der Waals surface area contributed by atoms with Gasteiger partial charge in [0.05, 0.1) is 19.3 Å². The van der Waals surface area contributed by atoms with Gasteiger partial charge in [0.25, 0.3) is 11.8 Å². The first-order chi connectivity index (χ1) is 18.4. The number of hydrogen-bond donors (Lipinski definition) is 1. The summed E-state index contributed by atoms with van der Waals surface area (Å²) in [6.07, 6.45) is -0.0767. The average molecular weight is 599 g/mol. The molecule has 0 bridgehead atoms. The number of carbonyl (C=O) groups excluding carboxylic acids is 1. The van der Waals surface area contributed by atoms with E-state index in [2.05, 4.69) is 10.3 Å². The van der Waals surface area contributed by atoms with Crippen molar-refractivity contribution in [2.45, 2.75) is 79.4 Å². The molecule has 0 fully saturated rings. The molecule has 2 aromatic heterocycles. The summed E-state index contributed by atoms with van der Waals surface area (Å²) in [6.45, 7) is 17.1. The van der Waals surface area contributed by atoms with Gasteiger partial charge in [0.1, 0.15) is 25.0 Å². The molecule has 2 heterocycles. The van der Waals surface area contributed by atoms with Crippen molar-refractivity contribution in [3.05, 3.63) is 23.7 Å². The first kappa shape index (κ1) is 43.8. The van der Waals surface area contributed by atoms with E-state index in [9.17, 15) is 9.59 Å². The summed E-state index contributed by atoms with van der Waals surface area (Å²) in [7, 11) is 1.36. The third-order valence-electron chi connectivity index (χ3n) is 5.52. The Morgan fingerprint density at radius 3 is 1.50 bits per heavy atom. The van der Waals surface area contributed by atoms with Crippen molar-refractivity contribution in [1.82, 2.24) is 10.3 Å². The normalized spacial score (nSPS) is 13.2. The zero-order chi connectivity index (χ0) is 29.5. The minimum absolute atomic E-state index is 0. The number of carbonyl (C=O) groups is 2. The van der Waals surface area contributed by atoms with Gasteiger partial charge >= 0.3 is 30.8 Å². The predicted octanol–water partition coefficient (Wildman–Crippen LogP) is 0.696. The van der Waals surface area contributed by atoms with E-state index in [1.165, 1.54) is 13.2 Å². The molecule has 0 aliphatic carbocycles. The van der Waals surface area contributed by atoms with Gasteiger partial charge in [-0.3, -0.25) is 9.59 Å². The van der Waals surface area contributed by atoms with E-state index >= 15 is 0 Å². The van der Waals surface area contributed by atoms with Crippen molar-refractivity contribution in [1.29, 1.82) is 0 Å². The molecule has 0 saturated carbocycles. The van der Waals surface area contributed by atoms with Crippen molar-refractivity contribution in [3.63, 3.8) is 0 Å². The Labute approximate surface area is 259 Å². The number of aromatic nitrogens is 2. The number of aliphatic carboxylic acids is 1. The van der Waals surface area contributed by atoms with Crippen molar-refractivity contribution >= 4 is 11.9 Å². The van der Waals surface area contributed by atoms with Gasteiger partial charge in [-0.25, -0.2) is 0 Å². The maximum atomic E-state index is 11.7. The molecule has 238 valence electrons. The van der Waals surface area contributed by atoms with Gasteiger partial charge in [-0.2, -0.15) is 0 Å². The van der Waals surface area contributed by atoms with Crippen LogP contribution in [0.15, 0.2) is 21.2 Å². The summed E-state index contributed by atoms with van der Waals surface area (Å²) >= 11 is 0. The second kappa shape index (κ2) is 22.9. The Morgan fingerprint density at radius 1 is 0.810 bits per heavy atom.